The summed E-state index contributed by atoms with van der Waals surface area (Å²) in [6.07, 6.45) is 3.50. The second kappa shape index (κ2) is 7.21. The van der Waals surface area contributed by atoms with E-state index in [1.807, 2.05) is 20.1 Å². The van der Waals surface area contributed by atoms with Gasteiger partial charge in [0.05, 0.1) is 6.10 Å². The van der Waals surface area contributed by atoms with E-state index in [0.29, 0.717) is 6.42 Å². The first-order valence-corrected chi connectivity index (χ1v) is 5.96. The van der Waals surface area contributed by atoms with Crippen molar-refractivity contribution in [1.82, 2.24) is 0 Å². The summed E-state index contributed by atoms with van der Waals surface area (Å²) in [5.41, 5.74) is 5.62. The molecule has 0 aliphatic heterocycles. The van der Waals surface area contributed by atoms with E-state index in [-0.39, 0.29) is 12.1 Å². The second-order valence-electron chi connectivity index (χ2n) is 3.04. The van der Waals surface area contributed by atoms with Gasteiger partial charge < -0.3 is 10.5 Å². The number of thioether (sulfide) groups is 1. The third kappa shape index (κ3) is 5.93. The minimum absolute atomic E-state index is 0.0205. The van der Waals surface area contributed by atoms with Crippen LogP contribution in [-0.4, -0.2) is 30.1 Å². The van der Waals surface area contributed by atoms with Gasteiger partial charge in [-0.2, -0.15) is 11.8 Å². The molecule has 0 bridgehead atoms. The predicted octanol–water partition coefficient (Wildman–Crippen LogP) is 1.41. The lowest BCUT2D eigenvalue weighted by molar-refractivity contribution is -0.149. The Morgan fingerprint density at radius 1 is 1.62 bits per heavy atom. The van der Waals surface area contributed by atoms with E-state index in [0.717, 1.165) is 12.2 Å². The van der Waals surface area contributed by atoms with Crippen LogP contribution in [-0.2, 0) is 9.53 Å². The average Bonchev–Trinajstić information content (AvgIpc) is 2.13. The molecule has 0 aromatic rings. The number of carbonyl (C=O) groups is 1. The van der Waals surface area contributed by atoms with Gasteiger partial charge in [0.15, 0.2) is 0 Å². The third-order valence-corrected chi connectivity index (χ3v) is 2.47. The lowest BCUT2D eigenvalue weighted by atomic mass is 10.2. The highest BCUT2D eigenvalue weighted by molar-refractivity contribution is 7.98. The molecule has 0 radical (unpaired) electrons. The molecule has 2 N–H and O–H groups in total. The number of hydrogen-bond donors (Lipinski definition) is 1. The van der Waals surface area contributed by atoms with Crippen molar-refractivity contribution in [3.63, 3.8) is 0 Å². The Kier molecular flexibility index (Phi) is 7.09. The Bertz CT molecular complexity index is 153. The standard InChI is InChI=1S/C9H19NO2S/c1-4-7(2)12-9(11)8(10)5-6-13-3/h7-8H,4-6,10H2,1-3H3/t7-,8+/m1/s1. The molecule has 0 spiro atoms. The molecule has 2 atom stereocenters. The Labute approximate surface area is 84.4 Å². The van der Waals surface area contributed by atoms with Crippen LogP contribution in [0.4, 0.5) is 0 Å². The minimum atomic E-state index is -0.457. The molecule has 78 valence electrons. The summed E-state index contributed by atoms with van der Waals surface area (Å²) in [6, 6.07) is -0.457. The van der Waals surface area contributed by atoms with Crippen LogP contribution in [0.1, 0.15) is 26.7 Å². The predicted molar refractivity (Wildman–Crippen MR) is 56.8 cm³/mol. The second-order valence-corrected chi connectivity index (χ2v) is 4.03. The molecule has 0 aromatic heterocycles. The molecule has 0 aliphatic rings. The summed E-state index contributed by atoms with van der Waals surface area (Å²) >= 11 is 1.68. The van der Waals surface area contributed by atoms with Crippen molar-refractivity contribution >= 4 is 17.7 Å². The SMILES string of the molecule is CC[C@@H](C)OC(=O)[C@@H](N)CCSC. The van der Waals surface area contributed by atoms with Crippen LogP contribution in [0.5, 0.6) is 0 Å². The fourth-order valence-electron chi connectivity index (χ4n) is 0.732. The molecular formula is C9H19NO2S. The lowest BCUT2D eigenvalue weighted by Crippen LogP contribution is -2.34. The molecule has 0 unspecified atom stereocenters. The Morgan fingerprint density at radius 2 is 2.23 bits per heavy atom. The van der Waals surface area contributed by atoms with E-state index in [1.165, 1.54) is 0 Å². The van der Waals surface area contributed by atoms with Crippen LogP contribution < -0.4 is 5.73 Å². The van der Waals surface area contributed by atoms with Crippen LogP contribution in [0.3, 0.4) is 0 Å². The number of esters is 1. The smallest absolute Gasteiger partial charge is 0.323 e. The Morgan fingerprint density at radius 3 is 2.69 bits per heavy atom. The van der Waals surface area contributed by atoms with Crippen molar-refractivity contribution < 1.29 is 9.53 Å². The highest BCUT2D eigenvalue weighted by Gasteiger charge is 2.16. The van der Waals surface area contributed by atoms with E-state index >= 15 is 0 Å². The lowest BCUT2D eigenvalue weighted by Gasteiger charge is -2.14. The van der Waals surface area contributed by atoms with Gasteiger partial charge in [-0.15, -0.1) is 0 Å². The highest BCUT2D eigenvalue weighted by Crippen LogP contribution is 2.03. The van der Waals surface area contributed by atoms with Crippen molar-refractivity contribution in [3.8, 4) is 0 Å². The number of carbonyl (C=O) groups excluding carboxylic acids is 1. The highest BCUT2D eigenvalue weighted by atomic mass is 32.2. The van der Waals surface area contributed by atoms with Gasteiger partial charge in [-0.3, -0.25) is 4.79 Å². The van der Waals surface area contributed by atoms with Crippen molar-refractivity contribution in [1.29, 1.82) is 0 Å². The number of ether oxygens (including phenoxy) is 1. The first-order valence-electron chi connectivity index (χ1n) is 4.56. The summed E-state index contributed by atoms with van der Waals surface area (Å²) in [5, 5.41) is 0. The number of nitrogens with two attached hydrogens (primary N) is 1. The van der Waals surface area contributed by atoms with E-state index in [9.17, 15) is 4.79 Å². The number of rotatable bonds is 6. The van der Waals surface area contributed by atoms with Crippen LogP contribution in [0, 0.1) is 0 Å². The molecule has 0 rings (SSSR count). The largest absolute Gasteiger partial charge is 0.462 e. The van der Waals surface area contributed by atoms with E-state index in [2.05, 4.69) is 0 Å². The van der Waals surface area contributed by atoms with Crippen LogP contribution in [0.15, 0.2) is 0 Å². The first-order chi connectivity index (χ1) is 6.11. The fraction of sp³-hybridized carbons (Fsp3) is 0.889. The molecule has 4 heteroatoms. The zero-order valence-electron chi connectivity index (χ0n) is 8.58. The summed E-state index contributed by atoms with van der Waals surface area (Å²) < 4.78 is 5.09. The molecular weight excluding hydrogens is 186 g/mol. The monoisotopic (exact) mass is 205 g/mol. The molecule has 0 heterocycles. The van der Waals surface area contributed by atoms with Gasteiger partial charge in [0.2, 0.25) is 0 Å². The zero-order valence-corrected chi connectivity index (χ0v) is 9.39. The molecule has 0 fully saturated rings. The van der Waals surface area contributed by atoms with Gasteiger partial charge in [-0.05, 0) is 31.8 Å². The van der Waals surface area contributed by atoms with Gasteiger partial charge in [0.25, 0.3) is 0 Å². The van der Waals surface area contributed by atoms with Crippen LogP contribution >= 0.6 is 11.8 Å². The molecule has 0 amide bonds. The molecule has 0 aromatic carbocycles. The van der Waals surface area contributed by atoms with Gasteiger partial charge in [-0.1, -0.05) is 6.92 Å². The van der Waals surface area contributed by atoms with Crippen molar-refractivity contribution in [2.24, 2.45) is 5.73 Å². The van der Waals surface area contributed by atoms with E-state index in [4.69, 9.17) is 10.5 Å². The third-order valence-electron chi connectivity index (χ3n) is 1.83. The average molecular weight is 205 g/mol. The number of hydrogen-bond acceptors (Lipinski definition) is 4. The maximum Gasteiger partial charge on any atom is 0.323 e. The normalized spacial score (nSPS) is 15.1. The maximum atomic E-state index is 11.3. The summed E-state index contributed by atoms with van der Waals surface area (Å²) in [4.78, 5) is 11.3. The maximum absolute atomic E-state index is 11.3. The summed E-state index contributed by atoms with van der Waals surface area (Å²) in [6.45, 7) is 3.85. The molecule has 0 aliphatic carbocycles. The van der Waals surface area contributed by atoms with E-state index < -0.39 is 6.04 Å². The summed E-state index contributed by atoms with van der Waals surface area (Å²) in [7, 11) is 0. The molecule has 13 heavy (non-hydrogen) atoms. The van der Waals surface area contributed by atoms with Crippen molar-refractivity contribution in [2.75, 3.05) is 12.0 Å². The Balaban J connectivity index is 3.68. The van der Waals surface area contributed by atoms with Gasteiger partial charge in [0.1, 0.15) is 6.04 Å². The van der Waals surface area contributed by atoms with Crippen LogP contribution in [0.2, 0.25) is 0 Å². The van der Waals surface area contributed by atoms with Gasteiger partial charge in [0, 0.05) is 0 Å². The van der Waals surface area contributed by atoms with Gasteiger partial charge in [-0.25, -0.2) is 0 Å². The van der Waals surface area contributed by atoms with Gasteiger partial charge >= 0.3 is 5.97 Å². The van der Waals surface area contributed by atoms with Crippen molar-refractivity contribution in [2.45, 2.75) is 38.8 Å². The molecule has 0 saturated heterocycles. The Hall–Kier alpha value is -0.220. The fourth-order valence-corrected chi connectivity index (χ4v) is 1.22. The molecule has 0 saturated carbocycles. The van der Waals surface area contributed by atoms with Crippen LogP contribution in [0.25, 0.3) is 0 Å². The first kappa shape index (κ1) is 12.8. The summed E-state index contributed by atoms with van der Waals surface area (Å²) in [5.74, 6) is 0.625. The minimum Gasteiger partial charge on any atom is -0.462 e. The van der Waals surface area contributed by atoms with Crippen molar-refractivity contribution in [3.05, 3.63) is 0 Å². The topological polar surface area (TPSA) is 52.3 Å². The molecule has 3 nitrogen and oxygen atoms in total. The van der Waals surface area contributed by atoms with E-state index in [1.54, 1.807) is 11.8 Å². The quantitative estimate of drug-likeness (QED) is 0.666. The zero-order chi connectivity index (χ0) is 10.3.